The summed E-state index contributed by atoms with van der Waals surface area (Å²) in [7, 11) is 0. The first-order valence-electron chi connectivity index (χ1n) is 11.4. The topological polar surface area (TPSA) is 66.4 Å². The summed E-state index contributed by atoms with van der Waals surface area (Å²) >= 11 is 4.70. The maximum Gasteiger partial charge on any atom is 0.269 e. The van der Waals surface area contributed by atoms with E-state index in [9.17, 15) is 9.59 Å². The molecule has 0 aliphatic carbocycles. The molecule has 6 rings (SSSR count). The van der Waals surface area contributed by atoms with Gasteiger partial charge in [0.1, 0.15) is 5.01 Å². The Hall–Kier alpha value is -2.62. The van der Waals surface area contributed by atoms with E-state index in [1.807, 2.05) is 42.2 Å². The van der Waals surface area contributed by atoms with Gasteiger partial charge in [-0.1, -0.05) is 53.4 Å². The number of carbonyl (C=O) groups excluding carboxylic acids is 2. The third-order valence-corrected chi connectivity index (χ3v) is 10.0. The second kappa shape index (κ2) is 7.94. The molecule has 2 aromatic carbocycles. The highest BCUT2D eigenvalue weighted by Gasteiger charge is 2.64. The normalized spacial score (nSPS) is 22.2. The summed E-state index contributed by atoms with van der Waals surface area (Å²) in [5.41, 5.74) is 5.36. The van der Waals surface area contributed by atoms with E-state index < -0.39 is 10.4 Å². The van der Waals surface area contributed by atoms with Crippen molar-refractivity contribution in [2.75, 3.05) is 21.3 Å². The zero-order chi connectivity index (χ0) is 24.5. The lowest BCUT2D eigenvalue weighted by Crippen LogP contribution is -2.55. The van der Waals surface area contributed by atoms with Crippen LogP contribution in [0.4, 0.5) is 11.4 Å². The molecule has 6 nitrogen and oxygen atoms in total. The molecule has 3 aliphatic rings. The number of carbonyl (C=O) groups is 2. The standard InChI is InChI=1S/C26H24N4O2S3/c1-15-10-19-17(13-33-24-28-27-16(2)35-24)12-25(3,4)30-22(19)20(11-15)26(23(30)32)29(21(31)14-34-26)18-8-6-5-7-9-18/h5-12H,13-14H2,1-4H3. The molecule has 178 valence electrons. The molecule has 0 saturated carbocycles. The van der Waals surface area contributed by atoms with Gasteiger partial charge in [-0.05, 0) is 57.0 Å². The number of hydrogen-bond donors (Lipinski definition) is 0. The molecule has 4 heterocycles. The van der Waals surface area contributed by atoms with Crippen LogP contribution in [0, 0.1) is 13.8 Å². The largest absolute Gasteiger partial charge is 0.299 e. The SMILES string of the molecule is Cc1cc2c3c(c1)C1(SCC(=O)N1c1ccccc1)C(=O)N3C(C)(C)C=C2CSc1nnc(C)s1. The quantitative estimate of drug-likeness (QED) is 0.429. The summed E-state index contributed by atoms with van der Waals surface area (Å²) in [6, 6.07) is 13.8. The highest BCUT2D eigenvalue weighted by Crippen LogP contribution is 2.60. The van der Waals surface area contributed by atoms with Gasteiger partial charge in [-0.15, -0.1) is 22.0 Å². The minimum absolute atomic E-state index is 0.0437. The first-order valence-corrected chi connectivity index (χ1v) is 14.2. The highest BCUT2D eigenvalue weighted by molar-refractivity contribution is 8.02. The number of rotatable bonds is 4. The Kier molecular flexibility index (Phi) is 5.18. The Morgan fingerprint density at radius 1 is 1.06 bits per heavy atom. The molecule has 1 atom stereocenters. The van der Waals surface area contributed by atoms with Gasteiger partial charge in [0.2, 0.25) is 10.8 Å². The van der Waals surface area contributed by atoms with Crippen molar-refractivity contribution in [3.8, 4) is 0 Å². The third kappa shape index (κ3) is 3.32. The number of thioether (sulfide) groups is 2. The minimum atomic E-state index is -1.10. The van der Waals surface area contributed by atoms with Crippen molar-refractivity contribution in [1.29, 1.82) is 0 Å². The van der Waals surface area contributed by atoms with Gasteiger partial charge >= 0.3 is 0 Å². The third-order valence-electron chi connectivity index (χ3n) is 6.63. The smallest absolute Gasteiger partial charge is 0.269 e. The van der Waals surface area contributed by atoms with Crippen LogP contribution in [0.2, 0.25) is 0 Å². The van der Waals surface area contributed by atoms with E-state index in [0.29, 0.717) is 0 Å². The number of amides is 2. The minimum Gasteiger partial charge on any atom is -0.299 e. The molecule has 1 unspecified atom stereocenters. The predicted molar refractivity (Wildman–Crippen MR) is 144 cm³/mol. The van der Waals surface area contributed by atoms with Crippen molar-refractivity contribution in [3.63, 3.8) is 0 Å². The van der Waals surface area contributed by atoms with Gasteiger partial charge in [0.05, 0.1) is 17.0 Å². The van der Waals surface area contributed by atoms with Crippen LogP contribution in [0.15, 0.2) is 52.9 Å². The summed E-state index contributed by atoms with van der Waals surface area (Å²) in [4.78, 5) is 30.2. The van der Waals surface area contributed by atoms with Gasteiger partial charge in [0.15, 0.2) is 4.34 Å². The molecule has 35 heavy (non-hydrogen) atoms. The van der Waals surface area contributed by atoms with E-state index in [0.717, 1.165) is 43.2 Å². The van der Waals surface area contributed by atoms with E-state index in [-0.39, 0.29) is 17.6 Å². The molecule has 3 aliphatic heterocycles. The van der Waals surface area contributed by atoms with Crippen molar-refractivity contribution >= 4 is 63.6 Å². The fraction of sp³-hybridized carbons (Fsp3) is 0.308. The van der Waals surface area contributed by atoms with Crippen LogP contribution < -0.4 is 9.80 Å². The number of para-hydroxylation sites is 1. The second-order valence-corrected chi connectivity index (χ2v) is 13.1. The first kappa shape index (κ1) is 22.8. The van der Waals surface area contributed by atoms with Gasteiger partial charge < -0.3 is 0 Å². The van der Waals surface area contributed by atoms with Crippen LogP contribution in [0.25, 0.3) is 5.57 Å². The summed E-state index contributed by atoms with van der Waals surface area (Å²) in [6.45, 7) is 8.17. The molecule has 9 heteroatoms. The lowest BCUT2D eigenvalue weighted by molar-refractivity contribution is -0.124. The average molecular weight is 521 g/mol. The number of aryl methyl sites for hydroxylation is 2. The zero-order valence-electron chi connectivity index (χ0n) is 19.9. The van der Waals surface area contributed by atoms with Crippen LogP contribution in [-0.4, -0.2) is 39.1 Å². The lowest BCUT2D eigenvalue weighted by Gasteiger charge is -2.40. The molecule has 1 spiro atoms. The Morgan fingerprint density at radius 3 is 2.54 bits per heavy atom. The Balaban J connectivity index is 1.52. The number of anilines is 2. The average Bonchev–Trinajstić information content (AvgIpc) is 3.47. The van der Waals surface area contributed by atoms with E-state index in [1.165, 1.54) is 17.3 Å². The zero-order valence-corrected chi connectivity index (χ0v) is 22.3. The first-order chi connectivity index (χ1) is 16.7. The second-order valence-electron chi connectivity index (χ2n) is 9.55. The van der Waals surface area contributed by atoms with Crippen LogP contribution in [0.3, 0.4) is 0 Å². The van der Waals surface area contributed by atoms with E-state index >= 15 is 0 Å². The molecule has 2 amide bonds. The molecule has 1 fully saturated rings. The molecule has 1 aromatic heterocycles. The van der Waals surface area contributed by atoms with E-state index in [1.54, 1.807) is 28.0 Å². The number of fused-ring (bicyclic) bond motifs is 1. The fourth-order valence-corrected chi connectivity index (χ4v) is 8.46. The van der Waals surface area contributed by atoms with Crippen molar-refractivity contribution in [3.05, 3.63) is 70.2 Å². The summed E-state index contributed by atoms with van der Waals surface area (Å²) in [5, 5.41) is 9.36. The highest BCUT2D eigenvalue weighted by atomic mass is 32.2. The molecule has 0 radical (unpaired) electrons. The lowest BCUT2D eigenvalue weighted by atomic mass is 9.88. The Bertz CT molecular complexity index is 1420. The van der Waals surface area contributed by atoms with Crippen LogP contribution in [0.1, 0.15) is 35.5 Å². The Labute approximate surface area is 216 Å². The van der Waals surface area contributed by atoms with Crippen molar-refractivity contribution in [2.24, 2.45) is 0 Å². The van der Waals surface area contributed by atoms with E-state index in [2.05, 4.69) is 49.2 Å². The summed E-state index contributed by atoms with van der Waals surface area (Å²) < 4.78 is 0.938. The van der Waals surface area contributed by atoms with Gasteiger partial charge in [0, 0.05) is 22.6 Å². The molecule has 0 bridgehead atoms. The number of benzene rings is 2. The molecular formula is C26H24N4O2S3. The van der Waals surface area contributed by atoms with Crippen LogP contribution >= 0.6 is 34.9 Å². The fourth-order valence-electron chi connectivity index (χ4n) is 5.33. The number of hydrogen-bond acceptors (Lipinski definition) is 7. The number of aromatic nitrogens is 2. The molecule has 1 saturated heterocycles. The van der Waals surface area contributed by atoms with Gasteiger partial charge in [-0.3, -0.25) is 19.4 Å². The number of nitrogens with zero attached hydrogens (tertiary/aromatic N) is 4. The van der Waals surface area contributed by atoms with Crippen molar-refractivity contribution < 1.29 is 9.59 Å². The molecule has 3 aromatic rings. The van der Waals surface area contributed by atoms with Crippen molar-refractivity contribution in [1.82, 2.24) is 10.2 Å². The maximum absolute atomic E-state index is 14.4. The maximum atomic E-state index is 14.4. The van der Waals surface area contributed by atoms with Gasteiger partial charge in [-0.25, -0.2) is 0 Å². The summed E-state index contributed by atoms with van der Waals surface area (Å²) in [5.74, 6) is 0.909. The van der Waals surface area contributed by atoms with Gasteiger partial charge in [0.25, 0.3) is 5.91 Å². The van der Waals surface area contributed by atoms with Gasteiger partial charge in [-0.2, -0.15) is 0 Å². The summed E-state index contributed by atoms with van der Waals surface area (Å²) in [6.07, 6.45) is 2.20. The van der Waals surface area contributed by atoms with Crippen molar-refractivity contribution in [2.45, 2.75) is 42.4 Å². The monoisotopic (exact) mass is 520 g/mol. The molecule has 0 N–H and O–H groups in total. The van der Waals surface area contributed by atoms with E-state index in [4.69, 9.17) is 0 Å². The Morgan fingerprint density at radius 2 is 1.83 bits per heavy atom. The predicted octanol–water partition coefficient (Wildman–Crippen LogP) is 5.40. The molecular weight excluding hydrogens is 497 g/mol. The van der Waals surface area contributed by atoms with Crippen LogP contribution in [-0.2, 0) is 14.5 Å². The van der Waals surface area contributed by atoms with Crippen LogP contribution in [0.5, 0.6) is 0 Å².